The number of anilines is 3. The molecule has 50 heavy (non-hydrogen) atoms. The van der Waals surface area contributed by atoms with Crippen LogP contribution in [0.5, 0.6) is 0 Å². The summed E-state index contributed by atoms with van der Waals surface area (Å²) in [4.78, 5) is 2.65. The lowest BCUT2D eigenvalue weighted by atomic mass is 9.37. The topological polar surface area (TPSA) is 3.24 Å². The van der Waals surface area contributed by atoms with Crippen molar-refractivity contribution in [2.45, 2.75) is 0 Å². The van der Waals surface area contributed by atoms with Crippen molar-refractivity contribution < 1.29 is 0 Å². The van der Waals surface area contributed by atoms with E-state index in [1.165, 1.54) is 107 Å². The second kappa shape index (κ2) is 9.95. The monoisotopic (exact) mass is 667 g/mol. The zero-order chi connectivity index (χ0) is 32.5. The number of nitrogens with zero attached hydrogens (tertiary/aromatic N) is 1. The molecule has 0 saturated carbocycles. The van der Waals surface area contributed by atoms with Crippen molar-refractivity contribution in [3.63, 3.8) is 0 Å². The van der Waals surface area contributed by atoms with Crippen molar-refractivity contribution in [1.82, 2.24) is 0 Å². The van der Waals surface area contributed by atoms with Gasteiger partial charge in [0.15, 0.2) is 0 Å². The minimum Gasteiger partial charge on any atom is -0.309 e. The molecule has 0 N–H and O–H groups in total. The molecule has 4 heteroatoms. The first kappa shape index (κ1) is 27.2. The highest BCUT2D eigenvalue weighted by Crippen LogP contribution is 2.51. The quantitative estimate of drug-likeness (QED) is 0.166. The average molecular weight is 668 g/mol. The van der Waals surface area contributed by atoms with Crippen molar-refractivity contribution in [3.8, 4) is 22.3 Å². The van der Waals surface area contributed by atoms with Gasteiger partial charge in [-0.15, -0.1) is 22.7 Å². The minimum atomic E-state index is 0.167. The van der Waals surface area contributed by atoms with Crippen LogP contribution in [0, 0.1) is 0 Å². The minimum absolute atomic E-state index is 0.167. The fourth-order valence-electron chi connectivity index (χ4n) is 8.99. The van der Waals surface area contributed by atoms with Crippen LogP contribution in [0.2, 0.25) is 0 Å². The van der Waals surface area contributed by atoms with Crippen molar-refractivity contribution in [2.75, 3.05) is 4.90 Å². The van der Waals surface area contributed by atoms with Gasteiger partial charge in [-0.3, -0.25) is 0 Å². The summed E-state index contributed by atoms with van der Waals surface area (Å²) in [6.07, 6.45) is 0. The van der Waals surface area contributed by atoms with E-state index in [0.717, 1.165) is 0 Å². The van der Waals surface area contributed by atoms with E-state index < -0.39 is 0 Å². The molecular formula is C46H26BNS2. The first-order valence-electron chi connectivity index (χ1n) is 17.2. The highest BCUT2D eigenvalue weighted by Gasteiger charge is 2.44. The summed E-state index contributed by atoms with van der Waals surface area (Å²) >= 11 is 3.85. The fourth-order valence-corrected chi connectivity index (χ4v) is 11.4. The van der Waals surface area contributed by atoms with Crippen LogP contribution in [0.15, 0.2) is 158 Å². The smallest absolute Gasteiger partial charge is 0.248 e. The van der Waals surface area contributed by atoms with Gasteiger partial charge in [-0.05, 0) is 74.3 Å². The molecule has 0 radical (unpaired) electrons. The SMILES string of the molecule is c1ccc2c(c1)B1c3ccc4c(sc5ccccc54)c3N(c3cccc4c3sc3ccccc34)c3cc(-c4cccc5ccccc45)cc-2c31. The van der Waals surface area contributed by atoms with Gasteiger partial charge in [0, 0.05) is 36.6 Å². The molecule has 230 valence electrons. The van der Waals surface area contributed by atoms with E-state index in [1.54, 1.807) is 0 Å². The summed E-state index contributed by atoms with van der Waals surface area (Å²) in [6, 6.07) is 59.2. The van der Waals surface area contributed by atoms with Gasteiger partial charge in [0.1, 0.15) is 0 Å². The summed E-state index contributed by atoms with van der Waals surface area (Å²) in [5.74, 6) is 0. The van der Waals surface area contributed by atoms with E-state index in [1.807, 2.05) is 22.7 Å². The van der Waals surface area contributed by atoms with E-state index in [0.29, 0.717) is 0 Å². The molecule has 1 nitrogen and oxygen atoms in total. The molecule has 10 aromatic rings. The Kier molecular flexibility index (Phi) is 5.41. The maximum absolute atomic E-state index is 2.65. The van der Waals surface area contributed by atoms with E-state index in [2.05, 4.69) is 163 Å². The normalized spacial score (nSPS) is 13.1. The van der Waals surface area contributed by atoms with Gasteiger partial charge in [0.05, 0.1) is 20.8 Å². The molecular weight excluding hydrogens is 641 g/mol. The van der Waals surface area contributed by atoms with Gasteiger partial charge >= 0.3 is 0 Å². The predicted molar refractivity (Wildman–Crippen MR) is 220 cm³/mol. The third kappa shape index (κ3) is 3.52. The first-order chi connectivity index (χ1) is 24.8. The Labute approximate surface area is 297 Å². The number of hydrogen-bond donors (Lipinski definition) is 0. The Hall–Kier alpha value is -5.68. The standard InChI is InChI=1S/C46H26BNS2/c1-2-13-29-27(11-1)12-9-17-30(29)28-25-36-31-14-3-6-19-37(31)47-38-24-23-35-33-16-5-8-22-42(33)50-46(35)44(38)48(40(26-28)43(36)47)39-20-10-18-34-32-15-4-7-21-41(32)49-45(34)39/h1-26H. The van der Waals surface area contributed by atoms with Crippen LogP contribution in [0.1, 0.15) is 0 Å². The Balaban J connectivity index is 1.26. The van der Waals surface area contributed by atoms with Crippen LogP contribution in [-0.2, 0) is 0 Å². The lowest BCUT2D eigenvalue weighted by Gasteiger charge is -2.37. The molecule has 0 atom stereocenters. The third-order valence-electron chi connectivity index (χ3n) is 11.1. The van der Waals surface area contributed by atoms with Crippen molar-refractivity contribution in [2.24, 2.45) is 0 Å². The van der Waals surface area contributed by atoms with E-state index in [9.17, 15) is 0 Å². The summed E-state index contributed by atoms with van der Waals surface area (Å²) in [5, 5.41) is 7.86. The molecule has 8 aromatic carbocycles. The van der Waals surface area contributed by atoms with Gasteiger partial charge in [-0.25, -0.2) is 0 Å². The fraction of sp³-hybridized carbons (Fsp3) is 0. The zero-order valence-corrected chi connectivity index (χ0v) is 28.5. The van der Waals surface area contributed by atoms with Crippen LogP contribution in [-0.4, -0.2) is 6.71 Å². The summed E-state index contributed by atoms with van der Waals surface area (Å²) in [6.45, 7) is 0.167. The van der Waals surface area contributed by atoms with Gasteiger partial charge < -0.3 is 4.90 Å². The van der Waals surface area contributed by atoms with E-state index in [-0.39, 0.29) is 6.71 Å². The van der Waals surface area contributed by atoms with Gasteiger partial charge in [0.2, 0.25) is 6.71 Å². The molecule has 2 aliphatic rings. The van der Waals surface area contributed by atoms with Crippen LogP contribution >= 0.6 is 22.7 Å². The number of hydrogen-bond acceptors (Lipinski definition) is 3. The maximum Gasteiger partial charge on any atom is 0.248 e. The van der Waals surface area contributed by atoms with Gasteiger partial charge in [-0.2, -0.15) is 0 Å². The summed E-state index contributed by atoms with van der Waals surface area (Å²) in [7, 11) is 0. The molecule has 2 aliphatic heterocycles. The molecule has 0 saturated heterocycles. The van der Waals surface area contributed by atoms with Crippen LogP contribution in [0.3, 0.4) is 0 Å². The molecule has 0 amide bonds. The number of benzene rings is 8. The lowest BCUT2D eigenvalue weighted by molar-refractivity contribution is 1.33. The Morgan fingerprint density at radius 3 is 1.92 bits per heavy atom. The molecule has 0 bridgehead atoms. The second-order valence-corrected chi connectivity index (χ2v) is 15.7. The van der Waals surface area contributed by atoms with Crippen LogP contribution < -0.4 is 21.3 Å². The maximum atomic E-state index is 2.65. The van der Waals surface area contributed by atoms with Crippen molar-refractivity contribution in [3.05, 3.63) is 158 Å². The van der Waals surface area contributed by atoms with Gasteiger partial charge in [0.25, 0.3) is 0 Å². The molecule has 4 heterocycles. The number of rotatable bonds is 2. The number of thiophene rings is 2. The number of fused-ring (bicyclic) bond motifs is 13. The molecule has 0 spiro atoms. The second-order valence-electron chi connectivity index (χ2n) is 13.6. The van der Waals surface area contributed by atoms with Crippen LogP contribution in [0.4, 0.5) is 17.1 Å². The van der Waals surface area contributed by atoms with Crippen molar-refractivity contribution in [1.29, 1.82) is 0 Å². The molecule has 12 rings (SSSR count). The Morgan fingerprint density at radius 1 is 0.420 bits per heavy atom. The highest BCUT2D eigenvalue weighted by molar-refractivity contribution is 7.27. The van der Waals surface area contributed by atoms with E-state index >= 15 is 0 Å². The predicted octanol–water partition coefficient (Wildman–Crippen LogP) is 11.5. The molecule has 0 aliphatic carbocycles. The van der Waals surface area contributed by atoms with Crippen LogP contribution in [0.25, 0.3) is 73.4 Å². The zero-order valence-electron chi connectivity index (χ0n) is 26.9. The van der Waals surface area contributed by atoms with Gasteiger partial charge in [-0.1, -0.05) is 133 Å². The summed E-state index contributed by atoms with van der Waals surface area (Å²) in [5.41, 5.74) is 13.3. The molecule has 2 aromatic heterocycles. The highest BCUT2D eigenvalue weighted by atomic mass is 32.1. The molecule has 0 fully saturated rings. The van der Waals surface area contributed by atoms with Crippen molar-refractivity contribution >= 4 is 114 Å². The lowest BCUT2D eigenvalue weighted by Crippen LogP contribution is -2.54. The Bertz CT molecular complexity index is 3070. The van der Waals surface area contributed by atoms with E-state index in [4.69, 9.17) is 0 Å². The third-order valence-corrected chi connectivity index (χ3v) is 13.5. The first-order valence-corrected chi connectivity index (χ1v) is 18.8. The summed E-state index contributed by atoms with van der Waals surface area (Å²) < 4.78 is 5.34. The average Bonchev–Trinajstić information content (AvgIpc) is 3.85. The Morgan fingerprint density at radius 2 is 1.06 bits per heavy atom. The molecule has 0 unspecified atom stereocenters. The largest absolute Gasteiger partial charge is 0.309 e.